The van der Waals surface area contributed by atoms with E-state index < -0.39 is 10.0 Å². The fourth-order valence-corrected chi connectivity index (χ4v) is 6.60. The quantitative estimate of drug-likeness (QED) is 0.567. The van der Waals surface area contributed by atoms with Gasteiger partial charge in [-0.05, 0) is 62.4 Å². The molecule has 2 aliphatic heterocycles. The van der Waals surface area contributed by atoms with Gasteiger partial charge in [-0.25, -0.2) is 8.42 Å². The van der Waals surface area contributed by atoms with Crippen molar-refractivity contribution in [3.8, 4) is 0 Å². The topological polar surface area (TPSA) is 69.7 Å². The Balaban J connectivity index is 1.40. The third-order valence-electron chi connectivity index (χ3n) is 6.80. The number of carbonyl (C=O) groups excluding carboxylic acids is 1. The van der Waals surface area contributed by atoms with Gasteiger partial charge in [-0.3, -0.25) is 9.69 Å². The molecule has 33 heavy (non-hydrogen) atoms. The van der Waals surface area contributed by atoms with E-state index in [2.05, 4.69) is 41.4 Å². The number of ketones is 1. The molecule has 4 rings (SSSR count). The number of sulfonamides is 1. The number of benzene rings is 2. The second kappa shape index (κ2) is 10.9. The summed E-state index contributed by atoms with van der Waals surface area (Å²) in [5, 5.41) is 3.34. The van der Waals surface area contributed by atoms with Crippen LogP contribution in [0.3, 0.4) is 0 Å². The van der Waals surface area contributed by atoms with Gasteiger partial charge < -0.3 is 5.32 Å². The number of nitrogens with zero attached hydrogens (tertiary/aromatic N) is 2. The molecule has 2 saturated heterocycles. The van der Waals surface area contributed by atoms with Crippen LogP contribution in [-0.2, 0) is 10.0 Å². The van der Waals surface area contributed by atoms with E-state index >= 15 is 0 Å². The monoisotopic (exact) mass is 469 g/mol. The SMILES string of the molecule is CC1CCCN(S(=O)(=O)c2cccc(C(=O)CNCC(c3ccccc3)N3CCCC3)c2)C1. The Bertz CT molecular complexity index is 1040. The van der Waals surface area contributed by atoms with Gasteiger partial charge in [-0.15, -0.1) is 0 Å². The van der Waals surface area contributed by atoms with Crippen LogP contribution in [0.2, 0.25) is 0 Å². The summed E-state index contributed by atoms with van der Waals surface area (Å²) in [7, 11) is -3.58. The smallest absolute Gasteiger partial charge is 0.243 e. The lowest BCUT2D eigenvalue weighted by atomic mass is 10.0. The van der Waals surface area contributed by atoms with Crippen LogP contribution < -0.4 is 5.32 Å². The molecule has 0 saturated carbocycles. The van der Waals surface area contributed by atoms with E-state index in [0.29, 0.717) is 31.1 Å². The van der Waals surface area contributed by atoms with Crippen LogP contribution >= 0.6 is 0 Å². The van der Waals surface area contributed by atoms with Crippen LogP contribution in [0.15, 0.2) is 59.5 Å². The summed E-state index contributed by atoms with van der Waals surface area (Å²) in [6.07, 6.45) is 4.35. The number of piperidine rings is 1. The lowest BCUT2D eigenvalue weighted by Gasteiger charge is -2.30. The number of hydrogen-bond donors (Lipinski definition) is 1. The van der Waals surface area contributed by atoms with Crippen LogP contribution in [0, 0.1) is 5.92 Å². The van der Waals surface area contributed by atoms with Gasteiger partial charge in [0.05, 0.1) is 11.4 Å². The maximum Gasteiger partial charge on any atom is 0.243 e. The molecule has 0 bridgehead atoms. The highest BCUT2D eigenvalue weighted by Gasteiger charge is 2.29. The number of Topliss-reactive ketones (excluding diaryl/α,β-unsaturated/α-hetero) is 1. The molecule has 2 aliphatic rings. The molecule has 2 aromatic rings. The largest absolute Gasteiger partial charge is 0.308 e. The number of hydrogen-bond acceptors (Lipinski definition) is 5. The van der Waals surface area contributed by atoms with Crippen molar-refractivity contribution in [2.45, 2.75) is 43.5 Å². The van der Waals surface area contributed by atoms with E-state index in [-0.39, 0.29) is 23.3 Å². The Morgan fingerprint density at radius 1 is 1.03 bits per heavy atom. The Labute approximate surface area is 198 Å². The number of carbonyl (C=O) groups is 1. The summed E-state index contributed by atoms with van der Waals surface area (Å²) in [6.45, 7) is 6.18. The number of nitrogens with one attached hydrogen (secondary N) is 1. The number of rotatable bonds is 9. The molecule has 7 heteroatoms. The molecule has 2 unspecified atom stereocenters. The maximum absolute atomic E-state index is 13.1. The first-order valence-electron chi connectivity index (χ1n) is 12.1. The lowest BCUT2D eigenvalue weighted by Crippen LogP contribution is -2.39. The third kappa shape index (κ3) is 5.90. The number of likely N-dealkylation sites (tertiary alicyclic amines) is 1. The standard InChI is InChI=1S/C26H35N3O3S/c1-21-9-8-16-29(20-21)33(31,32)24-13-7-12-23(17-24)26(30)19-27-18-25(28-14-5-6-15-28)22-10-3-2-4-11-22/h2-4,7,10-13,17,21,25,27H,5-6,8-9,14-16,18-20H2,1H3. The van der Waals surface area contributed by atoms with Gasteiger partial charge in [0.2, 0.25) is 10.0 Å². The van der Waals surface area contributed by atoms with Crippen LogP contribution in [0.4, 0.5) is 0 Å². The Kier molecular flexibility index (Phi) is 7.96. The van der Waals surface area contributed by atoms with Crippen molar-refractivity contribution in [2.75, 3.05) is 39.3 Å². The summed E-state index contributed by atoms with van der Waals surface area (Å²) in [5.74, 6) is 0.267. The molecule has 2 fully saturated rings. The molecule has 2 aromatic carbocycles. The van der Waals surface area contributed by atoms with Crippen molar-refractivity contribution >= 4 is 15.8 Å². The molecular weight excluding hydrogens is 434 g/mol. The summed E-state index contributed by atoms with van der Waals surface area (Å²) in [4.78, 5) is 15.6. The van der Waals surface area contributed by atoms with Crippen molar-refractivity contribution in [3.63, 3.8) is 0 Å². The minimum absolute atomic E-state index is 0.0905. The fraction of sp³-hybridized carbons (Fsp3) is 0.500. The van der Waals surface area contributed by atoms with Crippen LogP contribution in [-0.4, -0.2) is 62.7 Å². The zero-order valence-corrected chi connectivity index (χ0v) is 20.3. The van der Waals surface area contributed by atoms with Crippen LogP contribution in [0.25, 0.3) is 0 Å². The first-order chi connectivity index (χ1) is 15.9. The molecule has 1 N–H and O–H groups in total. The average molecular weight is 470 g/mol. The van der Waals surface area contributed by atoms with Crippen molar-refractivity contribution in [1.82, 2.24) is 14.5 Å². The van der Waals surface area contributed by atoms with Gasteiger partial charge in [-0.1, -0.05) is 49.4 Å². The van der Waals surface area contributed by atoms with E-state index in [1.165, 1.54) is 24.5 Å². The van der Waals surface area contributed by atoms with Gasteiger partial charge in [0, 0.05) is 31.2 Å². The Morgan fingerprint density at radius 2 is 1.79 bits per heavy atom. The highest BCUT2D eigenvalue weighted by molar-refractivity contribution is 7.89. The van der Waals surface area contributed by atoms with Crippen LogP contribution in [0.1, 0.15) is 54.6 Å². The molecule has 0 aromatic heterocycles. The van der Waals surface area contributed by atoms with Crippen molar-refractivity contribution in [3.05, 3.63) is 65.7 Å². The second-order valence-corrected chi connectivity index (χ2v) is 11.3. The Morgan fingerprint density at radius 3 is 2.52 bits per heavy atom. The van der Waals surface area contributed by atoms with Gasteiger partial charge in [0.25, 0.3) is 0 Å². The fourth-order valence-electron chi connectivity index (χ4n) is 4.95. The molecule has 0 amide bonds. The van der Waals surface area contributed by atoms with E-state index in [0.717, 1.165) is 25.9 Å². The molecule has 2 atom stereocenters. The van der Waals surface area contributed by atoms with E-state index in [4.69, 9.17) is 0 Å². The molecule has 2 heterocycles. The highest BCUT2D eigenvalue weighted by atomic mass is 32.2. The highest BCUT2D eigenvalue weighted by Crippen LogP contribution is 2.25. The second-order valence-electron chi connectivity index (χ2n) is 9.36. The van der Waals surface area contributed by atoms with Gasteiger partial charge >= 0.3 is 0 Å². The van der Waals surface area contributed by atoms with Crippen molar-refractivity contribution in [2.24, 2.45) is 5.92 Å². The molecule has 178 valence electrons. The van der Waals surface area contributed by atoms with E-state index in [1.54, 1.807) is 22.5 Å². The predicted molar refractivity (Wildman–Crippen MR) is 131 cm³/mol. The van der Waals surface area contributed by atoms with E-state index in [9.17, 15) is 13.2 Å². The predicted octanol–water partition coefficient (Wildman–Crippen LogP) is 3.72. The Hall–Kier alpha value is -2.06. The summed E-state index contributed by atoms with van der Waals surface area (Å²) in [6, 6.07) is 17.1. The molecule has 0 spiro atoms. The van der Waals surface area contributed by atoms with E-state index in [1.807, 2.05) is 6.07 Å². The maximum atomic E-state index is 13.1. The summed E-state index contributed by atoms with van der Waals surface area (Å²) < 4.78 is 27.8. The van der Waals surface area contributed by atoms with Gasteiger partial charge in [0.1, 0.15) is 0 Å². The molecule has 0 aliphatic carbocycles. The van der Waals surface area contributed by atoms with Crippen LogP contribution in [0.5, 0.6) is 0 Å². The van der Waals surface area contributed by atoms with Crippen molar-refractivity contribution in [1.29, 1.82) is 0 Å². The third-order valence-corrected chi connectivity index (χ3v) is 8.66. The minimum atomic E-state index is -3.58. The summed E-state index contributed by atoms with van der Waals surface area (Å²) >= 11 is 0. The first-order valence-corrected chi connectivity index (χ1v) is 13.5. The minimum Gasteiger partial charge on any atom is -0.308 e. The molecule has 6 nitrogen and oxygen atoms in total. The average Bonchev–Trinajstić information content (AvgIpc) is 3.37. The normalized spacial score (nSPS) is 21.2. The van der Waals surface area contributed by atoms with Gasteiger partial charge in [-0.2, -0.15) is 4.31 Å². The molecule has 0 radical (unpaired) electrons. The first kappa shape index (κ1) is 24.1. The lowest BCUT2D eigenvalue weighted by molar-refractivity contribution is 0.0987. The summed E-state index contributed by atoms with van der Waals surface area (Å²) in [5.41, 5.74) is 1.69. The van der Waals surface area contributed by atoms with Gasteiger partial charge in [0.15, 0.2) is 5.78 Å². The zero-order valence-electron chi connectivity index (χ0n) is 19.4. The molecular formula is C26H35N3O3S. The van der Waals surface area contributed by atoms with Crippen molar-refractivity contribution < 1.29 is 13.2 Å². The zero-order chi connectivity index (χ0) is 23.3.